The van der Waals surface area contributed by atoms with Crippen LogP contribution in [0.3, 0.4) is 0 Å². The zero-order chi connectivity index (χ0) is 24.4. The minimum Gasteiger partial charge on any atom is -0.411 e. The van der Waals surface area contributed by atoms with Crippen molar-refractivity contribution in [2.24, 2.45) is 28.8 Å². The van der Waals surface area contributed by atoms with Gasteiger partial charge in [-0.25, -0.2) is 9.97 Å². The molecule has 186 valence electrons. The monoisotopic (exact) mass is 475 g/mol. The first kappa shape index (κ1) is 23.8. The third-order valence-electron chi connectivity index (χ3n) is 8.08. The smallest absolute Gasteiger partial charge is 0.128 e. The number of carbonyl (C=O) groups is 1. The van der Waals surface area contributed by atoms with Crippen molar-refractivity contribution < 1.29 is 10.0 Å². The van der Waals surface area contributed by atoms with E-state index in [9.17, 15) is 4.79 Å². The molecule has 2 saturated carbocycles. The first-order valence-electron chi connectivity index (χ1n) is 13.2. The second-order valence-electron chi connectivity index (χ2n) is 10.5. The van der Waals surface area contributed by atoms with Gasteiger partial charge in [0.15, 0.2) is 0 Å². The molecular formula is C28H37N5O2. The lowest BCUT2D eigenvalue weighted by molar-refractivity contribution is -0.107. The Morgan fingerprint density at radius 3 is 1.69 bits per heavy atom. The maximum Gasteiger partial charge on any atom is 0.128 e. The normalized spacial score (nSPS) is 25.8. The summed E-state index contributed by atoms with van der Waals surface area (Å²) in [7, 11) is 0. The Morgan fingerprint density at radius 2 is 1.29 bits per heavy atom. The summed E-state index contributed by atoms with van der Waals surface area (Å²) in [6, 6.07) is 8.36. The van der Waals surface area contributed by atoms with E-state index in [-0.39, 0.29) is 0 Å². The van der Waals surface area contributed by atoms with E-state index in [0.717, 1.165) is 76.9 Å². The van der Waals surface area contributed by atoms with Crippen molar-refractivity contribution in [3.8, 4) is 0 Å². The molecule has 4 aliphatic rings. The van der Waals surface area contributed by atoms with Crippen molar-refractivity contribution >= 4 is 24.1 Å². The third-order valence-corrected chi connectivity index (χ3v) is 8.08. The van der Waals surface area contributed by atoms with Crippen molar-refractivity contribution in [1.29, 1.82) is 0 Å². The molecule has 0 spiro atoms. The molecule has 4 unspecified atom stereocenters. The molecule has 2 saturated heterocycles. The first-order valence-corrected chi connectivity index (χ1v) is 13.2. The van der Waals surface area contributed by atoms with Gasteiger partial charge in [-0.1, -0.05) is 26.0 Å². The van der Waals surface area contributed by atoms with Crippen molar-refractivity contribution in [2.45, 2.75) is 52.4 Å². The number of fused-ring (bicyclic) bond motifs is 2. The fourth-order valence-electron chi connectivity index (χ4n) is 5.77. The predicted molar refractivity (Wildman–Crippen MR) is 139 cm³/mol. The Kier molecular flexibility index (Phi) is 7.02. The van der Waals surface area contributed by atoms with Crippen LogP contribution in [0.1, 0.15) is 49.2 Å². The number of oxime groups is 1. The summed E-state index contributed by atoms with van der Waals surface area (Å²) in [4.78, 5) is 24.9. The minimum absolute atomic E-state index is 0.488. The van der Waals surface area contributed by atoms with E-state index in [0.29, 0.717) is 12.8 Å². The fourth-order valence-corrected chi connectivity index (χ4v) is 5.77. The number of carbonyl (C=O) groups excluding carboxylic acids is 1. The van der Waals surface area contributed by atoms with E-state index in [2.05, 4.69) is 53.1 Å². The van der Waals surface area contributed by atoms with Crippen LogP contribution < -0.4 is 9.80 Å². The summed E-state index contributed by atoms with van der Waals surface area (Å²) in [6.45, 7) is 8.92. The van der Waals surface area contributed by atoms with E-state index < -0.39 is 0 Å². The second kappa shape index (κ2) is 10.3. The molecule has 4 atom stereocenters. The Morgan fingerprint density at radius 1 is 0.829 bits per heavy atom. The molecule has 0 bridgehead atoms. The molecule has 7 nitrogen and oxygen atoms in total. The van der Waals surface area contributed by atoms with Gasteiger partial charge in [0.25, 0.3) is 0 Å². The van der Waals surface area contributed by atoms with Crippen molar-refractivity contribution in [2.75, 3.05) is 36.0 Å². The van der Waals surface area contributed by atoms with E-state index in [1.54, 1.807) is 0 Å². The average Bonchev–Trinajstić information content (AvgIpc) is 3.73. The maximum absolute atomic E-state index is 10.6. The van der Waals surface area contributed by atoms with Gasteiger partial charge in [-0.3, -0.25) is 0 Å². The molecule has 0 radical (unpaired) electrons. The van der Waals surface area contributed by atoms with Crippen LogP contribution >= 0.6 is 0 Å². The topological polar surface area (TPSA) is 81.9 Å². The molecule has 2 aliphatic carbocycles. The summed E-state index contributed by atoms with van der Waals surface area (Å²) in [6.07, 6.45) is 8.27. The highest BCUT2D eigenvalue weighted by molar-refractivity contribution is 5.62. The molecule has 2 aromatic heterocycles. The third kappa shape index (κ3) is 5.34. The van der Waals surface area contributed by atoms with Crippen LogP contribution in [-0.2, 0) is 30.5 Å². The highest BCUT2D eigenvalue weighted by Gasteiger charge is 2.46. The number of aromatic nitrogens is 2. The summed E-state index contributed by atoms with van der Waals surface area (Å²) in [5, 5.41) is 11.6. The lowest BCUT2D eigenvalue weighted by atomic mass is 10.1. The number of hydrogen-bond acceptors (Lipinski definition) is 7. The minimum atomic E-state index is 0.488. The van der Waals surface area contributed by atoms with Gasteiger partial charge < -0.3 is 19.8 Å². The molecule has 4 heterocycles. The summed E-state index contributed by atoms with van der Waals surface area (Å²) in [5.74, 6) is 5.93. The summed E-state index contributed by atoms with van der Waals surface area (Å²) < 4.78 is 0. The van der Waals surface area contributed by atoms with Crippen LogP contribution in [0.15, 0.2) is 29.4 Å². The standard InChI is InChI=1S/C14H19N3O.C14H18N2O/c1-2-13-10(5-6-15-18)3-4-14(16-13)17-8-11-7-12(11)9-17;1-2-13-10(5-6-17)3-4-14(15-13)16-8-11-7-12(11)9-16/h3-4,6,11-12,18H,2,5,7-9H2,1H3;3-4,6,11-12H,2,5,7-9H2,1H3. The van der Waals surface area contributed by atoms with Crippen molar-refractivity contribution in [3.63, 3.8) is 0 Å². The number of nitrogens with zero attached hydrogens (tertiary/aromatic N) is 5. The maximum atomic E-state index is 10.6. The van der Waals surface area contributed by atoms with Gasteiger partial charge in [0, 0.05) is 56.6 Å². The summed E-state index contributed by atoms with van der Waals surface area (Å²) >= 11 is 0. The number of anilines is 2. The molecule has 1 N–H and O–H groups in total. The van der Waals surface area contributed by atoms with Crippen LogP contribution in [0.2, 0.25) is 0 Å². The number of piperidine rings is 2. The summed E-state index contributed by atoms with van der Waals surface area (Å²) in [5.41, 5.74) is 4.43. The Balaban J connectivity index is 0.000000145. The number of pyridine rings is 2. The quantitative estimate of drug-likeness (QED) is 0.270. The highest BCUT2D eigenvalue weighted by atomic mass is 16.4. The van der Waals surface area contributed by atoms with Gasteiger partial charge in [0.1, 0.15) is 17.9 Å². The molecule has 2 aliphatic heterocycles. The van der Waals surface area contributed by atoms with Crippen LogP contribution in [0.5, 0.6) is 0 Å². The van der Waals surface area contributed by atoms with Crippen LogP contribution in [-0.4, -0.2) is 53.9 Å². The lowest BCUT2D eigenvalue weighted by Gasteiger charge is -2.20. The van der Waals surface area contributed by atoms with Crippen LogP contribution in [0.4, 0.5) is 11.6 Å². The fraction of sp³-hybridized carbons (Fsp3) is 0.571. The van der Waals surface area contributed by atoms with Crippen LogP contribution in [0.25, 0.3) is 0 Å². The van der Waals surface area contributed by atoms with Gasteiger partial charge >= 0.3 is 0 Å². The van der Waals surface area contributed by atoms with Crippen molar-refractivity contribution in [1.82, 2.24) is 9.97 Å². The Bertz CT molecular complexity index is 1070. The number of aryl methyl sites for hydroxylation is 2. The molecule has 4 fully saturated rings. The number of aldehydes is 1. The van der Waals surface area contributed by atoms with Gasteiger partial charge in [-0.2, -0.15) is 0 Å². The molecule has 0 aromatic carbocycles. The SMILES string of the molecule is CCc1nc(N2CC3CC3C2)ccc1CC=NO.CCc1nc(N2CC3CC3C2)ccc1CC=O. The van der Waals surface area contributed by atoms with E-state index >= 15 is 0 Å². The Labute approximate surface area is 208 Å². The average molecular weight is 476 g/mol. The van der Waals surface area contributed by atoms with Gasteiger partial charge in [0.2, 0.25) is 0 Å². The second-order valence-corrected chi connectivity index (χ2v) is 10.5. The zero-order valence-corrected chi connectivity index (χ0v) is 20.9. The first-order chi connectivity index (χ1) is 17.1. The van der Waals surface area contributed by atoms with Gasteiger partial charge in [-0.05, 0) is 72.6 Å². The molecular weight excluding hydrogens is 438 g/mol. The molecule has 6 rings (SSSR count). The highest BCUT2D eigenvalue weighted by Crippen LogP contribution is 2.46. The molecule has 35 heavy (non-hydrogen) atoms. The lowest BCUT2D eigenvalue weighted by Crippen LogP contribution is -2.23. The van der Waals surface area contributed by atoms with Crippen molar-refractivity contribution in [3.05, 3.63) is 46.8 Å². The van der Waals surface area contributed by atoms with E-state index in [1.165, 1.54) is 45.2 Å². The zero-order valence-electron chi connectivity index (χ0n) is 20.9. The Hall–Kier alpha value is -2.96. The van der Waals surface area contributed by atoms with E-state index in [4.69, 9.17) is 15.2 Å². The predicted octanol–water partition coefficient (Wildman–Crippen LogP) is 3.94. The van der Waals surface area contributed by atoms with Gasteiger partial charge in [-0.15, -0.1) is 5.16 Å². The number of rotatable bonds is 8. The molecule has 0 amide bonds. The van der Waals surface area contributed by atoms with Gasteiger partial charge in [0.05, 0.1) is 0 Å². The van der Waals surface area contributed by atoms with Crippen LogP contribution in [0, 0.1) is 23.7 Å². The number of hydrogen-bond donors (Lipinski definition) is 1. The molecule has 7 heteroatoms. The largest absolute Gasteiger partial charge is 0.411 e. The molecule has 2 aromatic rings. The van der Waals surface area contributed by atoms with E-state index in [1.807, 2.05) is 0 Å².